The van der Waals surface area contributed by atoms with Crippen LogP contribution in [0.5, 0.6) is 0 Å². The Kier molecular flexibility index (Phi) is 3.51. The SMILES string of the molecule is CCCc1nc(-c2ccc(-n3nc(C)cc3C)nc2)no1. The molecule has 0 aliphatic carbocycles. The monoisotopic (exact) mass is 283 g/mol. The van der Waals surface area contributed by atoms with Crippen LogP contribution in [0.2, 0.25) is 0 Å². The van der Waals surface area contributed by atoms with Gasteiger partial charge in [0.15, 0.2) is 5.82 Å². The summed E-state index contributed by atoms with van der Waals surface area (Å²) in [5.74, 6) is 2.02. The lowest BCUT2D eigenvalue weighted by molar-refractivity contribution is 0.378. The highest BCUT2D eigenvalue weighted by atomic mass is 16.5. The van der Waals surface area contributed by atoms with E-state index < -0.39 is 0 Å². The summed E-state index contributed by atoms with van der Waals surface area (Å²) in [4.78, 5) is 8.79. The fourth-order valence-corrected chi connectivity index (χ4v) is 2.19. The van der Waals surface area contributed by atoms with Crippen molar-refractivity contribution in [3.8, 4) is 17.2 Å². The lowest BCUT2D eigenvalue weighted by atomic mass is 10.2. The summed E-state index contributed by atoms with van der Waals surface area (Å²) in [6, 6.07) is 5.86. The van der Waals surface area contributed by atoms with E-state index in [1.807, 2.05) is 36.7 Å². The van der Waals surface area contributed by atoms with Crippen molar-refractivity contribution in [2.24, 2.45) is 0 Å². The van der Waals surface area contributed by atoms with Crippen molar-refractivity contribution in [3.05, 3.63) is 41.7 Å². The third-order valence-electron chi connectivity index (χ3n) is 3.16. The average Bonchev–Trinajstić information content (AvgIpc) is 3.06. The van der Waals surface area contributed by atoms with E-state index in [0.717, 1.165) is 35.6 Å². The summed E-state index contributed by atoms with van der Waals surface area (Å²) in [5, 5.41) is 8.40. The molecule has 3 aromatic rings. The number of aromatic nitrogens is 5. The predicted molar refractivity (Wildman–Crippen MR) is 78.1 cm³/mol. The molecule has 6 heteroatoms. The summed E-state index contributed by atoms with van der Waals surface area (Å²) < 4.78 is 7.01. The van der Waals surface area contributed by atoms with Crippen LogP contribution in [0.15, 0.2) is 28.9 Å². The van der Waals surface area contributed by atoms with Crippen LogP contribution >= 0.6 is 0 Å². The first-order chi connectivity index (χ1) is 10.2. The Labute approximate surface area is 122 Å². The fourth-order valence-electron chi connectivity index (χ4n) is 2.19. The number of nitrogens with zero attached hydrogens (tertiary/aromatic N) is 5. The van der Waals surface area contributed by atoms with Crippen LogP contribution in [0.25, 0.3) is 17.2 Å². The minimum Gasteiger partial charge on any atom is -0.339 e. The van der Waals surface area contributed by atoms with Gasteiger partial charge in [-0.2, -0.15) is 10.1 Å². The molecule has 21 heavy (non-hydrogen) atoms. The first-order valence-electron chi connectivity index (χ1n) is 7.00. The molecule has 3 rings (SSSR count). The number of rotatable bonds is 4. The molecular weight excluding hydrogens is 266 g/mol. The highest BCUT2D eigenvalue weighted by molar-refractivity contribution is 5.53. The van der Waals surface area contributed by atoms with Gasteiger partial charge < -0.3 is 4.52 Å². The molecule has 0 aliphatic rings. The fraction of sp³-hybridized carbons (Fsp3) is 0.333. The van der Waals surface area contributed by atoms with Gasteiger partial charge in [-0.05, 0) is 38.5 Å². The molecule has 108 valence electrons. The molecule has 0 saturated heterocycles. The Balaban J connectivity index is 1.88. The van der Waals surface area contributed by atoms with Crippen LogP contribution in [0.1, 0.15) is 30.6 Å². The maximum absolute atomic E-state index is 5.19. The van der Waals surface area contributed by atoms with Crippen molar-refractivity contribution >= 4 is 0 Å². The second-order valence-corrected chi connectivity index (χ2v) is 5.01. The topological polar surface area (TPSA) is 69.6 Å². The molecule has 0 amide bonds. The Morgan fingerprint density at radius 3 is 2.71 bits per heavy atom. The minimum absolute atomic E-state index is 0.575. The number of hydrogen-bond donors (Lipinski definition) is 0. The van der Waals surface area contributed by atoms with Crippen molar-refractivity contribution in [2.75, 3.05) is 0 Å². The lowest BCUT2D eigenvalue weighted by Crippen LogP contribution is -2.01. The number of pyridine rings is 1. The van der Waals surface area contributed by atoms with E-state index in [1.54, 1.807) is 6.20 Å². The Bertz CT molecular complexity index is 742. The maximum atomic E-state index is 5.19. The van der Waals surface area contributed by atoms with Crippen molar-refractivity contribution in [3.63, 3.8) is 0 Å². The van der Waals surface area contributed by atoms with E-state index in [0.29, 0.717) is 11.7 Å². The second-order valence-electron chi connectivity index (χ2n) is 5.01. The van der Waals surface area contributed by atoms with Gasteiger partial charge in [-0.25, -0.2) is 9.67 Å². The zero-order valence-corrected chi connectivity index (χ0v) is 12.4. The molecule has 0 saturated carbocycles. The van der Waals surface area contributed by atoms with E-state index in [2.05, 4.69) is 27.1 Å². The van der Waals surface area contributed by atoms with Crippen molar-refractivity contribution in [1.29, 1.82) is 0 Å². The molecule has 0 N–H and O–H groups in total. The molecular formula is C15H17N5O. The molecule has 0 aromatic carbocycles. The molecule has 0 unspecified atom stereocenters. The summed E-state index contributed by atoms with van der Waals surface area (Å²) in [6.07, 6.45) is 3.52. The standard InChI is InChI=1S/C15H17N5O/c1-4-5-14-17-15(19-21-14)12-6-7-13(16-9-12)20-11(3)8-10(2)18-20/h6-9H,4-5H2,1-3H3. The van der Waals surface area contributed by atoms with E-state index in [-0.39, 0.29) is 0 Å². The van der Waals surface area contributed by atoms with E-state index in [1.165, 1.54) is 0 Å². The average molecular weight is 283 g/mol. The Hall–Kier alpha value is -2.50. The molecule has 0 bridgehead atoms. The highest BCUT2D eigenvalue weighted by Gasteiger charge is 2.10. The molecule has 3 aromatic heterocycles. The van der Waals surface area contributed by atoms with E-state index in [9.17, 15) is 0 Å². The van der Waals surface area contributed by atoms with Gasteiger partial charge in [0.2, 0.25) is 11.7 Å². The first-order valence-corrected chi connectivity index (χ1v) is 7.00. The molecule has 6 nitrogen and oxygen atoms in total. The van der Waals surface area contributed by atoms with Crippen LogP contribution in [0.4, 0.5) is 0 Å². The van der Waals surface area contributed by atoms with Gasteiger partial charge in [0.25, 0.3) is 0 Å². The smallest absolute Gasteiger partial charge is 0.226 e. The maximum Gasteiger partial charge on any atom is 0.226 e. The van der Waals surface area contributed by atoms with Gasteiger partial charge in [-0.15, -0.1) is 0 Å². The van der Waals surface area contributed by atoms with Crippen molar-refractivity contribution in [1.82, 2.24) is 24.9 Å². The van der Waals surface area contributed by atoms with Gasteiger partial charge in [-0.1, -0.05) is 12.1 Å². The summed E-state index contributed by atoms with van der Waals surface area (Å²) in [6.45, 7) is 6.05. The van der Waals surface area contributed by atoms with Gasteiger partial charge in [0, 0.05) is 23.9 Å². The molecule has 0 fully saturated rings. The third-order valence-corrected chi connectivity index (χ3v) is 3.16. The molecule has 0 radical (unpaired) electrons. The van der Waals surface area contributed by atoms with Gasteiger partial charge >= 0.3 is 0 Å². The highest BCUT2D eigenvalue weighted by Crippen LogP contribution is 2.17. The normalized spacial score (nSPS) is 11.0. The Morgan fingerprint density at radius 1 is 1.24 bits per heavy atom. The number of hydrogen-bond acceptors (Lipinski definition) is 5. The van der Waals surface area contributed by atoms with Crippen LogP contribution in [-0.4, -0.2) is 24.9 Å². The van der Waals surface area contributed by atoms with Gasteiger partial charge in [-0.3, -0.25) is 0 Å². The summed E-state index contributed by atoms with van der Waals surface area (Å²) in [7, 11) is 0. The summed E-state index contributed by atoms with van der Waals surface area (Å²) >= 11 is 0. The van der Waals surface area contributed by atoms with Crippen LogP contribution < -0.4 is 0 Å². The van der Waals surface area contributed by atoms with E-state index >= 15 is 0 Å². The van der Waals surface area contributed by atoms with Crippen molar-refractivity contribution in [2.45, 2.75) is 33.6 Å². The van der Waals surface area contributed by atoms with Crippen LogP contribution in [0.3, 0.4) is 0 Å². The zero-order valence-electron chi connectivity index (χ0n) is 12.4. The largest absolute Gasteiger partial charge is 0.339 e. The van der Waals surface area contributed by atoms with Crippen molar-refractivity contribution < 1.29 is 4.52 Å². The van der Waals surface area contributed by atoms with Gasteiger partial charge in [0.1, 0.15) is 0 Å². The second kappa shape index (κ2) is 5.47. The zero-order chi connectivity index (χ0) is 14.8. The third kappa shape index (κ3) is 2.69. The molecule has 0 aliphatic heterocycles. The minimum atomic E-state index is 0.575. The van der Waals surface area contributed by atoms with Crippen LogP contribution in [0, 0.1) is 13.8 Å². The number of aryl methyl sites for hydroxylation is 3. The predicted octanol–water partition coefficient (Wildman–Crippen LogP) is 2.89. The quantitative estimate of drug-likeness (QED) is 0.736. The summed E-state index contributed by atoms with van der Waals surface area (Å²) in [5.41, 5.74) is 2.87. The van der Waals surface area contributed by atoms with Crippen LogP contribution in [-0.2, 0) is 6.42 Å². The van der Waals surface area contributed by atoms with Gasteiger partial charge in [0.05, 0.1) is 5.69 Å². The Morgan fingerprint density at radius 2 is 2.10 bits per heavy atom. The van der Waals surface area contributed by atoms with E-state index in [4.69, 9.17) is 4.52 Å². The molecule has 0 spiro atoms. The molecule has 0 atom stereocenters. The lowest BCUT2D eigenvalue weighted by Gasteiger charge is -2.03. The molecule has 3 heterocycles. The first kappa shape index (κ1) is 13.5.